The highest BCUT2D eigenvalue weighted by Crippen LogP contribution is 2.25. The summed E-state index contributed by atoms with van der Waals surface area (Å²) in [6.45, 7) is 7.31. The molecule has 114 valence electrons. The zero-order chi connectivity index (χ0) is 15.4. The lowest BCUT2D eigenvalue weighted by Gasteiger charge is -2.31. The molecule has 0 spiro atoms. The van der Waals surface area contributed by atoms with E-state index in [9.17, 15) is 9.59 Å². The number of carbonyl (C=O) groups is 2. The number of likely N-dealkylation sites (tertiary alicyclic amines) is 1. The third-order valence-electron chi connectivity index (χ3n) is 3.93. The fourth-order valence-electron chi connectivity index (χ4n) is 2.71. The summed E-state index contributed by atoms with van der Waals surface area (Å²) in [7, 11) is 0. The number of benzene rings is 1. The number of amides is 1. The molecule has 0 aliphatic carbocycles. The van der Waals surface area contributed by atoms with Gasteiger partial charge in [-0.3, -0.25) is 9.59 Å². The molecule has 1 unspecified atom stereocenters. The number of rotatable bonds is 5. The van der Waals surface area contributed by atoms with Crippen molar-refractivity contribution in [2.45, 2.75) is 40.2 Å². The lowest BCUT2D eigenvalue weighted by atomic mass is 9.98. The first-order valence-corrected chi connectivity index (χ1v) is 7.58. The Morgan fingerprint density at radius 3 is 2.86 bits per heavy atom. The summed E-state index contributed by atoms with van der Waals surface area (Å²) in [5.41, 5.74) is 1.57. The van der Waals surface area contributed by atoms with Gasteiger partial charge in [-0.2, -0.15) is 0 Å². The van der Waals surface area contributed by atoms with Crippen LogP contribution in [0.15, 0.2) is 18.2 Å². The third kappa shape index (κ3) is 3.63. The van der Waals surface area contributed by atoms with Gasteiger partial charge >= 0.3 is 0 Å². The summed E-state index contributed by atoms with van der Waals surface area (Å²) in [5, 5.41) is 0. The normalized spacial score (nSPS) is 18.7. The van der Waals surface area contributed by atoms with Crippen LogP contribution in [-0.4, -0.2) is 29.7 Å². The molecule has 4 heteroatoms. The molecule has 1 fully saturated rings. The fraction of sp³-hybridized carbons (Fsp3) is 0.529. The van der Waals surface area contributed by atoms with E-state index in [2.05, 4.69) is 0 Å². The molecular formula is C17H23NO3. The SMILES string of the molecule is CCOc1ccc(C(C)=O)cc1CN1CCCC(C)C1=O. The van der Waals surface area contributed by atoms with Crippen LogP contribution in [0.5, 0.6) is 5.75 Å². The van der Waals surface area contributed by atoms with Gasteiger partial charge in [-0.1, -0.05) is 6.92 Å². The molecule has 0 saturated carbocycles. The van der Waals surface area contributed by atoms with Crippen molar-refractivity contribution in [2.24, 2.45) is 5.92 Å². The Kier molecular flexibility index (Phi) is 4.99. The number of ether oxygens (including phenoxy) is 1. The molecule has 1 aromatic rings. The highest BCUT2D eigenvalue weighted by atomic mass is 16.5. The van der Waals surface area contributed by atoms with Gasteiger partial charge in [0.1, 0.15) is 5.75 Å². The molecule has 1 atom stereocenters. The Morgan fingerprint density at radius 2 is 2.19 bits per heavy atom. The number of nitrogens with zero attached hydrogens (tertiary/aromatic N) is 1. The van der Waals surface area contributed by atoms with E-state index >= 15 is 0 Å². The number of piperidine rings is 1. The molecular weight excluding hydrogens is 266 g/mol. The van der Waals surface area contributed by atoms with Crippen molar-refractivity contribution >= 4 is 11.7 Å². The first-order chi connectivity index (χ1) is 10.0. The monoisotopic (exact) mass is 289 g/mol. The van der Waals surface area contributed by atoms with E-state index in [0.29, 0.717) is 18.7 Å². The van der Waals surface area contributed by atoms with Crippen molar-refractivity contribution in [3.63, 3.8) is 0 Å². The molecule has 1 aliphatic rings. The average molecular weight is 289 g/mol. The quantitative estimate of drug-likeness (QED) is 0.783. The lowest BCUT2D eigenvalue weighted by Crippen LogP contribution is -2.39. The van der Waals surface area contributed by atoms with Crippen molar-refractivity contribution in [1.29, 1.82) is 0 Å². The van der Waals surface area contributed by atoms with E-state index in [1.54, 1.807) is 13.0 Å². The van der Waals surface area contributed by atoms with Crippen LogP contribution in [0.2, 0.25) is 0 Å². The maximum absolute atomic E-state index is 12.2. The Bertz CT molecular complexity index is 539. The van der Waals surface area contributed by atoms with E-state index in [1.807, 2.05) is 30.9 Å². The highest BCUT2D eigenvalue weighted by molar-refractivity contribution is 5.94. The van der Waals surface area contributed by atoms with Gasteiger partial charge in [0.15, 0.2) is 5.78 Å². The molecule has 1 aliphatic heterocycles. The van der Waals surface area contributed by atoms with Crippen LogP contribution in [0.3, 0.4) is 0 Å². The molecule has 1 heterocycles. The van der Waals surface area contributed by atoms with Gasteiger partial charge in [-0.15, -0.1) is 0 Å². The van der Waals surface area contributed by atoms with E-state index in [4.69, 9.17) is 4.74 Å². The lowest BCUT2D eigenvalue weighted by molar-refractivity contribution is -0.138. The number of ketones is 1. The predicted octanol–water partition coefficient (Wildman–Crippen LogP) is 3.05. The van der Waals surface area contributed by atoms with Gasteiger partial charge < -0.3 is 9.64 Å². The first-order valence-electron chi connectivity index (χ1n) is 7.58. The molecule has 21 heavy (non-hydrogen) atoms. The van der Waals surface area contributed by atoms with Crippen molar-refractivity contribution in [2.75, 3.05) is 13.2 Å². The predicted molar refractivity (Wildman–Crippen MR) is 81.4 cm³/mol. The number of hydrogen-bond donors (Lipinski definition) is 0. The summed E-state index contributed by atoms with van der Waals surface area (Å²) in [6.07, 6.45) is 1.99. The second-order valence-corrected chi connectivity index (χ2v) is 5.61. The zero-order valence-corrected chi connectivity index (χ0v) is 13.0. The van der Waals surface area contributed by atoms with Gasteiger partial charge in [0.2, 0.25) is 5.91 Å². The summed E-state index contributed by atoms with van der Waals surface area (Å²) in [4.78, 5) is 25.7. The van der Waals surface area contributed by atoms with Crippen LogP contribution >= 0.6 is 0 Å². The maximum Gasteiger partial charge on any atom is 0.225 e. The van der Waals surface area contributed by atoms with E-state index in [1.165, 1.54) is 0 Å². The van der Waals surface area contributed by atoms with Crippen LogP contribution in [0.25, 0.3) is 0 Å². The topological polar surface area (TPSA) is 46.6 Å². The average Bonchev–Trinajstić information content (AvgIpc) is 2.45. The van der Waals surface area contributed by atoms with Gasteiger partial charge in [0, 0.05) is 30.1 Å². The van der Waals surface area contributed by atoms with Crippen molar-refractivity contribution < 1.29 is 14.3 Å². The minimum atomic E-state index is 0.0256. The Balaban J connectivity index is 2.25. The van der Waals surface area contributed by atoms with Crippen LogP contribution in [0, 0.1) is 5.92 Å². The number of Topliss-reactive ketones (excluding diaryl/α,β-unsaturated/α-hetero) is 1. The van der Waals surface area contributed by atoms with Crippen LogP contribution < -0.4 is 4.74 Å². The molecule has 2 rings (SSSR count). The molecule has 1 amide bonds. The molecule has 0 radical (unpaired) electrons. The molecule has 4 nitrogen and oxygen atoms in total. The van der Waals surface area contributed by atoms with Crippen LogP contribution in [0.4, 0.5) is 0 Å². The minimum Gasteiger partial charge on any atom is -0.494 e. The summed E-state index contributed by atoms with van der Waals surface area (Å²) in [6, 6.07) is 5.45. The Morgan fingerprint density at radius 1 is 1.43 bits per heavy atom. The molecule has 1 aromatic carbocycles. The van der Waals surface area contributed by atoms with Crippen molar-refractivity contribution in [3.05, 3.63) is 29.3 Å². The van der Waals surface area contributed by atoms with E-state index < -0.39 is 0 Å². The minimum absolute atomic E-state index is 0.0256. The Labute approximate surface area is 126 Å². The van der Waals surface area contributed by atoms with E-state index in [-0.39, 0.29) is 17.6 Å². The van der Waals surface area contributed by atoms with Gasteiger partial charge in [0.25, 0.3) is 0 Å². The smallest absolute Gasteiger partial charge is 0.225 e. The van der Waals surface area contributed by atoms with Gasteiger partial charge in [-0.05, 0) is 44.9 Å². The van der Waals surface area contributed by atoms with Crippen molar-refractivity contribution in [3.8, 4) is 5.75 Å². The molecule has 1 saturated heterocycles. The molecule has 0 N–H and O–H groups in total. The second-order valence-electron chi connectivity index (χ2n) is 5.61. The standard InChI is InChI=1S/C17H23NO3/c1-4-21-16-8-7-14(13(3)19)10-15(16)11-18-9-5-6-12(2)17(18)20/h7-8,10,12H,4-6,9,11H2,1-3H3. The Hall–Kier alpha value is -1.84. The molecule has 0 aromatic heterocycles. The van der Waals surface area contributed by atoms with Crippen molar-refractivity contribution in [1.82, 2.24) is 4.90 Å². The third-order valence-corrected chi connectivity index (χ3v) is 3.93. The summed E-state index contributed by atoms with van der Waals surface area (Å²) in [5.74, 6) is 1.06. The zero-order valence-electron chi connectivity index (χ0n) is 13.0. The number of hydrogen-bond acceptors (Lipinski definition) is 3. The highest BCUT2D eigenvalue weighted by Gasteiger charge is 2.25. The van der Waals surface area contributed by atoms with Gasteiger partial charge in [0.05, 0.1) is 6.61 Å². The second kappa shape index (κ2) is 6.74. The van der Waals surface area contributed by atoms with Gasteiger partial charge in [-0.25, -0.2) is 0 Å². The summed E-state index contributed by atoms with van der Waals surface area (Å²) >= 11 is 0. The number of carbonyl (C=O) groups excluding carboxylic acids is 2. The first kappa shape index (κ1) is 15.5. The van der Waals surface area contributed by atoms with E-state index in [0.717, 1.165) is 30.7 Å². The fourth-order valence-corrected chi connectivity index (χ4v) is 2.71. The maximum atomic E-state index is 12.2. The summed E-state index contributed by atoms with van der Waals surface area (Å²) < 4.78 is 5.63. The molecule has 0 bridgehead atoms. The largest absolute Gasteiger partial charge is 0.494 e. The van der Waals surface area contributed by atoms with Crippen LogP contribution in [-0.2, 0) is 11.3 Å². The van der Waals surface area contributed by atoms with Crippen LogP contribution in [0.1, 0.15) is 49.5 Å².